The topological polar surface area (TPSA) is 55.9 Å². The molecule has 0 aromatic heterocycles. The zero-order valence-corrected chi connectivity index (χ0v) is 17.3. The van der Waals surface area contributed by atoms with Crippen LogP contribution in [0.1, 0.15) is 42.1 Å². The Balaban J connectivity index is 1.67. The third-order valence-corrected chi connectivity index (χ3v) is 5.99. The third-order valence-electron chi connectivity index (χ3n) is 5.99. The molecule has 0 radical (unpaired) electrons. The number of piperazine rings is 1. The van der Waals surface area contributed by atoms with Crippen LogP contribution in [0.5, 0.6) is 0 Å². The van der Waals surface area contributed by atoms with Gasteiger partial charge in [0.05, 0.1) is 0 Å². The molecule has 2 fully saturated rings. The molecular formula is C22H34N4O2. The van der Waals surface area contributed by atoms with Gasteiger partial charge < -0.3 is 15.1 Å². The largest absolute Gasteiger partial charge is 0.340 e. The minimum Gasteiger partial charge on any atom is -0.340 e. The minimum absolute atomic E-state index is 0.0380. The summed E-state index contributed by atoms with van der Waals surface area (Å²) < 4.78 is 0. The van der Waals surface area contributed by atoms with Crippen LogP contribution in [0.4, 0.5) is 0 Å². The summed E-state index contributed by atoms with van der Waals surface area (Å²) in [6.07, 6.45) is 2.71. The van der Waals surface area contributed by atoms with E-state index in [9.17, 15) is 9.59 Å². The molecule has 154 valence electrons. The van der Waals surface area contributed by atoms with E-state index in [1.807, 2.05) is 41.0 Å². The van der Waals surface area contributed by atoms with E-state index in [-0.39, 0.29) is 11.8 Å². The lowest BCUT2D eigenvalue weighted by Crippen LogP contribution is -2.48. The summed E-state index contributed by atoms with van der Waals surface area (Å²) >= 11 is 0. The Kier molecular flexibility index (Phi) is 7.45. The lowest BCUT2D eigenvalue weighted by molar-refractivity contribution is -0.132. The summed E-state index contributed by atoms with van der Waals surface area (Å²) in [7, 11) is 0. The highest BCUT2D eigenvalue weighted by Crippen LogP contribution is 2.19. The number of benzene rings is 1. The zero-order valence-electron chi connectivity index (χ0n) is 17.3. The van der Waals surface area contributed by atoms with E-state index in [1.165, 1.54) is 6.42 Å². The maximum Gasteiger partial charge on any atom is 0.253 e. The number of likely N-dealkylation sites (tertiary alicyclic amines) is 1. The van der Waals surface area contributed by atoms with Crippen LogP contribution in [0, 0.1) is 6.92 Å². The van der Waals surface area contributed by atoms with E-state index < -0.39 is 0 Å². The minimum atomic E-state index is 0.0380. The Bertz CT molecular complexity index is 655. The van der Waals surface area contributed by atoms with Crippen LogP contribution < -0.4 is 5.32 Å². The number of nitrogens with zero attached hydrogens (tertiary/aromatic N) is 3. The number of likely N-dealkylation sites (N-methyl/N-ethyl adjacent to an activating group) is 1. The van der Waals surface area contributed by atoms with Crippen molar-refractivity contribution in [2.24, 2.45) is 0 Å². The summed E-state index contributed by atoms with van der Waals surface area (Å²) in [5.41, 5.74) is 1.85. The fourth-order valence-corrected chi connectivity index (χ4v) is 4.23. The molecule has 1 aromatic carbocycles. The normalized spacial score (nSPS) is 20.4. The van der Waals surface area contributed by atoms with Crippen LogP contribution in [0.3, 0.4) is 0 Å². The lowest BCUT2D eigenvalue weighted by atomic mass is 10.1. The highest BCUT2D eigenvalue weighted by molar-refractivity contribution is 5.94. The maximum atomic E-state index is 13.2. The van der Waals surface area contributed by atoms with Gasteiger partial charge in [0.25, 0.3) is 5.91 Å². The maximum absolute atomic E-state index is 13.2. The number of hydrogen-bond acceptors (Lipinski definition) is 4. The quantitative estimate of drug-likeness (QED) is 0.776. The molecule has 0 bridgehead atoms. The van der Waals surface area contributed by atoms with Crippen LogP contribution in [-0.2, 0) is 4.79 Å². The molecule has 0 saturated carbocycles. The first kappa shape index (κ1) is 20.8. The number of amides is 2. The van der Waals surface area contributed by atoms with Crippen molar-refractivity contribution >= 4 is 11.8 Å². The Morgan fingerprint density at radius 3 is 2.54 bits per heavy atom. The van der Waals surface area contributed by atoms with E-state index in [2.05, 4.69) is 17.1 Å². The Hall–Kier alpha value is -1.92. The summed E-state index contributed by atoms with van der Waals surface area (Å²) in [5.74, 6) is 0.193. The molecule has 3 rings (SSSR count). The van der Waals surface area contributed by atoms with Gasteiger partial charge in [0.1, 0.15) is 0 Å². The van der Waals surface area contributed by atoms with Crippen molar-refractivity contribution in [2.45, 2.75) is 39.2 Å². The second-order valence-electron chi connectivity index (χ2n) is 7.92. The molecule has 2 aliphatic rings. The molecule has 2 heterocycles. The average Bonchev–Trinajstić information content (AvgIpc) is 3.18. The van der Waals surface area contributed by atoms with Gasteiger partial charge in [-0.25, -0.2) is 0 Å². The number of nitrogens with one attached hydrogen (secondary N) is 1. The molecule has 1 N–H and O–H groups in total. The highest BCUT2D eigenvalue weighted by atomic mass is 16.2. The molecule has 1 unspecified atom stereocenters. The summed E-state index contributed by atoms with van der Waals surface area (Å²) in [6.45, 7) is 10.7. The van der Waals surface area contributed by atoms with Crippen molar-refractivity contribution in [3.05, 3.63) is 35.4 Å². The van der Waals surface area contributed by atoms with Gasteiger partial charge in [0.15, 0.2) is 0 Å². The van der Waals surface area contributed by atoms with Gasteiger partial charge in [-0.15, -0.1) is 0 Å². The van der Waals surface area contributed by atoms with E-state index >= 15 is 0 Å². The zero-order chi connectivity index (χ0) is 19.9. The van der Waals surface area contributed by atoms with Crippen molar-refractivity contribution in [1.82, 2.24) is 20.0 Å². The van der Waals surface area contributed by atoms with Crippen molar-refractivity contribution in [2.75, 3.05) is 52.4 Å². The van der Waals surface area contributed by atoms with Crippen molar-refractivity contribution < 1.29 is 9.59 Å². The SMILES string of the molecule is CCN1CCCC1CN(CCC(=O)N1CCNCC1)C(=O)c1ccc(C)cc1. The summed E-state index contributed by atoms with van der Waals surface area (Å²) in [5, 5.41) is 3.27. The van der Waals surface area contributed by atoms with Crippen molar-refractivity contribution in [3.8, 4) is 0 Å². The average molecular weight is 387 g/mol. The number of hydrogen-bond donors (Lipinski definition) is 1. The van der Waals surface area contributed by atoms with Crippen LogP contribution in [0.2, 0.25) is 0 Å². The number of carbonyl (C=O) groups excluding carboxylic acids is 2. The van der Waals surface area contributed by atoms with Crippen molar-refractivity contribution in [1.29, 1.82) is 0 Å². The van der Waals surface area contributed by atoms with E-state index in [4.69, 9.17) is 0 Å². The highest BCUT2D eigenvalue weighted by Gasteiger charge is 2.28. The fourth-order valence-electron chi connectivity index (χ4n) is 4.23. The molecule has 0 aliphatic carbocycles. The van der Waals surface area contributed by atoms with Crippen LogP contribution in [-0.4, -0.2) is 84.9 Å². The molecule has 28 heavy (non-hydrogen) atoms. The van der Waals surface area contributed by atoms with Gasteiger partial charge in [0.2, 0.25) is 5.91 Å². The predicted octanol–water partition coefficient (Wildman–Crippen LogP) is 1.74. The van der Waals surface area contributed by atoms with Gasteiger partial charge in [-0.3, -0.25) is 14.5 Å². The first-order valence-electron chi connectivity index (χ1n) is 10.7. The smallest absolute Gasteiger partial charge is 0.253 e. The molecule has 0 spiro atoms. The first-order chi connectivity index (χ1) is 13.6. The lowest BCUT2D eigenvalue weighted by Gasteiger charge is -2.32. The van der Waals surface area contributed by atoms with Crippen molar-refractivity contribution in [3.63, 3.8) is 0 Å². The fraction of sp³-hybridized carbons (Fsp3) is 0.636. The first-order valence-corrected chi connectivity index (χ1v) is 10.7. The standard InChI is InChI=1S/C22H34N4O2/c1-3-24-13-4-5-20(24)17-26(22(28)19-8-6-18(2)7-9-19)14-10-21(27)25-15-11-23-12-16-25/h6-9,20,23H,3-5,10-17H2,1-2H3. The second kappa shape index (κ2) is 10.0. The van der Waals surface area contributed by atoms with Gasteiger partial charge in [-0.1, -0.05) is 24.6 Å². The van der Waals surface area contributed by atoms with Gasteiger partial charge >= 0.3 is 0 Å². The number of rotatable bonds is 7. The van der Waals surface area contributed by atoms with Crippen LogP contribution in [0.25, 0.3) is 0 Å². The molecule has 6 heteroatoms. The molecule has 2 aliphatic heterocycles. The summed E-state index contributed by atoms with van der Waals surface area (Å²) in [4.78, 5) is 32.1. The summed E-state index contributed by atoms with van der Waals surface area (Å²) in [6, 6.07) is 8.15. The Labute approximate surface area is 168 Å². The number of carbonyl (C=O) groups is 2. The molecule has 6 nitrogen and oxygen atoms in total. The molecule has 2 saturated heterocycles. The van der Waals surface area contributed by atoms with Gasteiger partial charge in [-0.05, 0) is 45.0 Å². The second-order valence-corrected chi connectivity index (χ2v) is 7.92. The molecule has 1 aromatic rings. The number of aryl methyl sites for hydroxylation is 1. The van der Waals surface area contributed by atoms with E-state index in [0.717, 1.165) is 51.3 Å². The van der Waals surface area contributed by atoms with E-state index in [0.29, 0.717) is 31.1 Å². The molecule has 2 amide bonds. The van der Waals surface area contributed by atoms with Gasteiger partial charge in [0, 0.05) is 57.3 Å². The van der Waals surface area contributed by atoms with Gasteiger partial charge in [-0.2, -0.15) is 0 Å². The Morgan fingerprint density at radius 2 is 1.86 bits per heavy atom. The molecule has 1 atom stereocenters. The van der Waals surface area contributed by atoms with Crippen LogP contribution >= 0.6 is 0 Å². The predicted molar refractivity (Wildman–Crippen MR) is 111 cm³/mol. The van der Waals surface area contributed by atoms with Crippen LogP contribution in [0.15, 0.2) is 24.3 Å². The monoisotopic (exact) mass is 386 g/mol. The third kappa shape index (κ3) is 5.32. The molecular weight excluding hydrogens is 352 g/mol. The van der Waals surface area contributed by atoms with E-state index in [1.54, 1.807) is 0 Å². The Morgan fingerprint density at radius 1 is 1.14 bits per heavy atom.